The lowest BCUT2D eigenvalue weighted by Gasteiger charge is -2.00. The van der Waals surface area contributed by atoms with Gasteiger partial charge in [-0.15, -0.1) is 0 Å². The highest BCUT2D eigenvalue weighted by Crippen LogP contribution is 1.89. The number of aromatic amines is 1. The number of rotatable bonds is 4. The monoisotopic (exact) mass is 167 g/mol. The lowest BCUT2D eigenvalue weighted by Crippen LogP contribution is -2.22. The minimum Gasteiger partial charge on any atom is -0.349 e. The highest BCUT2D eigenvalue weighted by molar-refractivity contribution is 5.75. The Hall–Kier alpha value is -1.32. The van der Waals surface area contributed by atoms with Crippen LogP contribution in [0.1, 0.15) is 25.6 Å². The van der Waals surface area contributed by atoms with E-state index >= 15 is 0 Å². The van der Waals surface area contributed by atoms with Gasteiger partial charge in [-0.25, -0.2) is 4.98 Å². The second-order valence-electron chi connectivity index (χ2n) is 2.56. The van der Waals surface area contributed by atoms with E-state index in [-0.39, 0.29) is 5.91 Å². The fourth-order valence-corrected chi connectivity index (χ4v) is 0.892. The molecule has 0 saturated heterocycles. The van der Waals surface area contributed by atoms with E-state index in [1.54, 1.807) is 12.4 Å². The van der Waals surface area contributed by atoms with Gasteiger partial charge in [0.15, 0.2) is 0 Å². The van der Waals surface area contributed by atoms with Crippen molar-refractivity contribution in [3.8, 4) is 0 Å². The molecule has 1 amide bonds. The first-order valence-electron chi connectivity index (χ1n) is 4.08. The van der Waals surface area contributed by atoms with Gasteiger partial charge in [0.1, 0.15) is 5.82 Å². The van der Waals surface area contributed by atoms with Crippen LogP contribution < -0.4 is 5.32 Å². The van der Waals surface area contributed by atoms with Crippen molar-refractivity contribution in [3.05, 3.63) is 18.2 Å². The largest absolute Gasteiger partial charge is 0.349 e. The third-order valence-corrected chi connectivity index (χ3v) is 1.48. The van der Waals surface area contributed by atoms with E-state index in [1.807, 2.05) is 6.92 Å². The predicted molar refractivity (Wildman–Crippen MR) is 45.3 cm³/mol. The first kappa shape index (κ1) is 8.77. The third kappa shape index (κ3) is 2.74. The van der Waals surface area contributed by atoms with Gasteiger partial charge in [-0.2, -0.15) is 0 Å². The molecule has 0 aliphatic rings. The minimum atomic E-state index is 0.0777. The van der Waals surface area contributed by atoms with Crippen molar-refractivity contribution in [3.63, 3.8) is 0 Å². The average molecular weight is 167 g/mol. The van der Waals surface area contributed by atoms with Crippen LogP contribution in [0.4, 0.5) is 0 Å². The molecule has 0 aromatic carbocycles. The van der Waals surface area contributed by atoms with Crippen LogP contribution in [-0.2, 0) is 11.3 Å². The van der Waals surface area contributed by atoms with Crippen molar-refractivity contribution < 1.29 is 4.79 Å². The number of hydrogen-bond donors (Lipinski definition) is 2. The summed E-state index contributed by atoms with van der Waals surface area (Å²) in [4.78, 5) is 17.9. The van der Waals surface area contributed by atoms with Crippen molar-refractivity contribution in [1.29, 1.82) is 0 Å². The van der Waals surface area contributed by atoms with E-state index in [0.29, 0.717) is 13.0 Å². The number of imidazole rings is 1. The number of nitrogens with zero attached hydrogens (tertiary/aromatic N) is 1. The molecular formula is C8H13N3O. The molecule has 0 unspecified atom stereocenters. The van der Waals surface area contributed by atoms with Crippen LogP contribution in [0.2, 0.25) is 0 Å². The molecule has 0 atom stereocenters. The molecule has 2 N–H and O–H groups in total. The highest BCUT2D eigenvalue weighted by atomic mass is 16.1. The Labute approximate surface area is 71.4 Å². The summed E-state index contributed by atoms with van der Waals surface area (Å²) in [5, 5.41) is 2.75. The molecule has 66 valence electrons. The van der Waals surface area contributed by atoms with Crippen molar-refractivity contribution in [1.82, 2.24) is 15.3 Å². The number of carbonyl (C=O) groups excluding carboxylic acids is 1. The summed E-state index contributed by atoms with van der Waals surface area (Å²) < 4.78 is 0. The zero-order chi connectivity index (χ0) is 8.81. The lowest BCUT2D eigenvalue weighted by atomic mass is 10.3. The molecule has 0 saturated carbocycles. The topological polar surface area (TPSA) is 57.8 Å². The molecule has 1 rings (SSSR count). The molecule has 0 spiro atoms. The van der Waals surface area contributed by atoms with Crippen LogP contribution in [0.5, 0.6) is 0 Å². The molecular weight excluding hydrogens is 154 g/mol. The zero-order valence-electron chi connectivity index (χ0n) is 7.13. The van der Waals surface area contributed by atoms with Crippen LogP contribution >= 0.6 is 0 Å². The number of amides is 1. The van der Waals surface area contributed by atoms with Crippen molar-refractivity contribution in [2.24, 2.45) is 0 Å². The lowest BCUT2D eigenvalue weighted by molar-refractivity contribution is -0.121. The third-order valence-electron chi connectivity index (χ3n) is 1.48. The van der Waals surface area contributed by atoms with Gasteiger partial charge in [0.2, 0.25) is 5.91 Å². The summed E-state index contributed by atoms with van der Waals surface area (Å²) in [5.41, 5.74) is 0. The predicted octanol–water partition coefficient (Wildman–Crippen LogP) is 0.826. The Balaban J connectivity index is 2.22. The maximum atomic E-state index is 11.0. The quantitative estimate of drug-likeness (QED) is 0.697. The first-order chi connectivity index (χ1) is 5.83. The fraction of sp³-hybridized carbons (Fsp3) is 0.500. The summed E-state index contributed by atoms with van der Waals surface area (Å²) in [6.07, 6.45) is 4.87. The van der Waals surface area contributed by atoms with Gasteiger partial charge in [-0.3, -0.25) is 4.79 Å². The minimum absolute atomic E-state index is 0.0777. The molecule has 0 aliphatic carbocycles. The van der Waals surface area contributed by atoms with Crippen LogP contribution in [0.15, 0.2) is 12.4 Å². The van der Waals surface area contributed by atoms with Crippen molar-refractivity contribution >= 4 is 5.91 Å². The summed E-state index contributed by atoms with van der Waals surface area (Å²) in [6, 6.07) is 0. The standard InChI is InChI=1S/C8H13N3O/c1-2-3-8(12)11-6-7-9-4-5-10-7/h4-5H,2-3,6H2,1H3,(H,9,10)(H,11,12). The Morgan fingerprint density at radius 2 is 2.58 bits per heavy atom. The smallest absolute Gasteiger partial charge is 0.220 e. The Bertz CT molecular complexity index is 230. The molecule has 0 radical (unpaired) electrons. The Kier molecular flexibility index (Phi) is 3.32. The zero-order valence-corrected chi connectivity index (χ0v) is 7.13. The molecule has 1 aromatic heterocycles. The maximum Gasteiger partial charge on any atom is 0.220 e. The maximum absolute atomic E-state index is 11.0. The van der Waals surface area contributed by atoms with E-state index in [9.17, 15) is 4.79 Å². The van der Waals surface area contributed by atoms with Gasteiger partial charge in [-0.05, 0) is 6.42 Å². The number of aromatic nitrogens is 2. The number of H-pyrrole nitrogens is 1. The van der Waals surface area contributed by atoms with Gasteiger partial charge < -0.3 is 10.3 Å². The van der Waals surface area contributed by atoms with E-state index in [4.69, 9.17) is 0 Å². The van der Waals surface area contributed by atoms with Crippen molar-refractivity contribution in [2.45, 2.75) is 26.3 Å². The summed E-state index contributed by atoms with van der Waals surface area (Å²) in [7, 11) is 0. The Morgan fingerprint density at radius 1 is 1.75 bits per heavy atom. The second-order valence-corrected chi connectivity index (χ2v) is 2.56. The van der Waals surface area contributed by atoms with E-state index in [0.717, 1.165) is 12.2 Å². The van der Waals surface area contributed by atoms with E-state index in [2.05, 4.69) is 15.3 Å². The van der Waals surface area contributed by atoms with Crippen LogP contribution in [0.3, 0.4) is 0 Å². The molecule has 4 nitrogen and oxygen atoms in total. The molecule has 12 heavy (non-hydrogen) atoms. The van der Waals surface area contributed by atoms with Crippen LogP contribution in [-0.4, -0.2) is 15.9 Å². The normalized spacial score (nSPS) is 9.75. The summed E-state index contributed by atoms with van der Waals surface area (Å²) >= 11 is 0. The van der Waals surface area contributed by atoms with Crippen molar-refractivity contribution in [2.75, 3.05) is 0 Å². The van der Waals surface area contributed by atoms with Gasteiger partial charge in [0.05, 0.1) is 6.54 Å². The molecule has 4 heteroatoms. The number of carbonyl (C=O) groups is 1. The van der Waals surface area contributed by atoms with Gasteiger partial charge >= 0.3 is 0 Å². The van der Waals surface area contributed by atoms with Gasteiger partial charge in [-0.1, -0.05) is 6.92 Å². The average Bonchev–Trinajstić information content (AvgIpc) is 2.53. The second kappa shape index (κ2) is 4.54. The van der Waals surface area contributed by atoms with Crippen LogP contribution in [0, 0.1) is 0 Å². The molecule has 1 aromatic rings. The van der Waals surface area contributed by atoms with E-state index in [1.165, 1.54) is 0 Å². The van der Waals surface area contributed by atoms with Crippen LogP contribution in [0.25, 0.3) is 0 Å². The SMILES string of the molecule is CCCC(=O)NCc1ncc[nH]1. The number of hydrogen-bond acceptors (Lipinski definition) is 2. The summed E-state index contributed by atoms with van der Waals surface area (Å²) in [5.74, 6) is 0.869. The molecule has 0 fully saturated rings. The Morgan fingerprint density at radius 3 is 3.17 bits per heavy atom. The summed E-state index contributed by atoms with van der Waals surface area (Å²) in [6.45, 7) is 2.47. The van der Waals surface area contributed by atoms with E-state index < -0.39 is 0 Å². The van der Waals surface area contributed by atoms with Gasteiger partial charge in [0, 0.05) is 18.8 Å². The first-order valence-corrected chi connectivity index (χ1v) is 4.08. The molecule has 0 aliphatic heterocycles. The highest BCUT2D eigenvalue weighted by Gasteiger charge is 1.99. The molecule has 0 bridgehead atoms. The number of nitrogens with one attached hydrogen (secondary N) is 2. The fourth-order valence-electron chi connectivity index (χ4n) is 0.892. The van der Waals surface area contributed by atoms with Gasteiger partial charge in [0.25, 0.3) is 0 Å². The molecule has 1 heterocycles.